The summed E-state index contributed by atoms with van der Waals surface area (Å²) in [5, 5.41) is 0. The molecule has 5 nitrogen and oxygen atoms in total. The summed E-state index contributed by atoms with van der Waals surface area (Å²) in [5.41, 5.74) is -0.117. The highest BCUT2D eigenvalue weighted by molar-refractivity contribution is 5.76. The lowest BCUT2D eigenvalue weighted by Gasteiger charge is -2.53. The molecule has 0 unspecified atom stereocenters. The Morgan fingerprint density at radius 1 is 1.28 bits per heavy atom. The highest BCUT2D eigenvalue weighted by atomic mass is 16.5. The molecule has 1 atom stereocenters. The van der Waals surface area contributed by atoms with E-state index in [4.69, 9.17) is 9.47 Å². The highest BCUT2D eigenvalue weighted by Crippen LogP contribution is 2.35. The van der Waals surface area contributed by atoms with Gasteiger partial charge in [-0.05, 0) is 19.3 Å². The predicted molar refractivity (Wildman–Crippen MR) is 66.5 cm³/mol. The van der Waals surface area contributed by atoms with Gasteiger partial charge in [0, 0.05) is 33.2 Å². The van der Waals surface area contributed by atoms with Gasteiger partial charge in [-0.2, -0.15) is 0 Å². The first kappa shape index (κ1) is 12.2. The molecule has 0 bridgehead atoms. The molecule has 3 saturated heterocycles. The van der Waals surface area contributed by atoms with Gasteiger partial charge in [0.15, 0.2) is 0 Å². The van der Waals surface area contributed by atoms with E-state index < -0.39 is 0 Å². The topological polar surface area (TPSA) is 42.0 Å². The van der Waals surface area contributed by atoms with Crippen LogP contribution in [0.25, 0.3) is 0 Å². The van der Waals surface area contributed by atoms with E-state index in [-0.39, 0.29) is 11.6 Å². The Morgan fingerprint density at radius 3 is 2.67 bits per heavy atom. The molecule has 5 heteroatoms. The van der Waals surface area contributed by atoms with Gasteiger partial charge in [0.25, 0.3) is 0 Å². The molecule has 0 aromatic rings. The minimum atomic E-state index is -0.117. The smallest absolute Gasteiger partial charge is 0.320 e. The van der Waals surface area contributed by atoms with Gasteiger partial charge in [0.1, 0.15) is 5.60 Å². The first-order valence-corrected chi connectivity index (χ1v) is 6.93. The van der Waals surface area contributed by atoms with Gasteiger partial charge in [-0.25, -0.2) is 4.79 Å². The fourth-order valence-electron chi connectivity index (χ4n) is 3.30. The second-order valence-corrected chi connectivity index (χ2v) is 5.71. The number of hydrogen-bond donors (Lipinski definition) is 0. The van der Waals surface area contributed by atoms with Crippen LogP contribution in [0.5, 0.6) is 0 Å². The SMILES string of the molecule is CO[C@@H]1CCOC2(C1)CN(C(=O)N1CCCC1)C2. The number of likely N-dealkylation sites (tertiary alicyclic amines) is 2. The van der Waals surface area contributed by atoms with E-state index in [1.54, 1.807) is 7.11 Å². The minimum Gasteiger partial charge on any atom is -0.381 e. The average Bonchev–Trinajstić information content (AvgIpc) is 2.89. The third-order valence-electron chi connectivity index (χ3n) is 4.39. The van der Waals surface area contributed by atoms with Gasteiger partial charge in [-0.15, -0.1) is 0 Å². The van der Waals surface area contributed by atoms with E-state index >= 15 is 0 Å². The Hall–Kier alpha value is -0.810. The molecule has 0 radical (unpaired) electrons. The van der Waals surface area contributed by atoms with Crippen LogP contribution in [0.2, 0.25) is 0 Å². The fourth-order valence-corrected chi connectivity index (χ4v) is 3.30. The second-order valence-electron chi connectivity index (χ2n) is 5.71. The number of methoxy groups -OCH3 is 1. The minimum absolute atomic E-state index is 0.117. The van der Waals surface area contributed by atoms with Crippen molar-refractivity contribution in [1.29, 1.82) is 0 Å². The van der Waals surface area contributed by atoms with Gasteiger partial charge in [-0.3, -0.25) is 0 Å². The normalized spacial score (nSPS) is 30.6. The fraction of sp³-hybridized carbons (Fsp3) is 0.923. The Morgan fingerprint density at radius 2 is 2.00 bits per heavy atom. The maximum Gasteiger partial charge on any atom is 0.320 e. The number of nitrogens with zero attached hydrogens (tertiary/aromatic N) is 2. The van der Waals surface area contributed by atoms with Crippen LogP contribution in [0.1, 0.15) is 25.7 Å². The van der Waals surface area contributed by atoms with Crippen molar-refractivity contribution in [3.8, 4) is 0 Å². The zero-order valence-corrected chi connectivity index (χ0v) is 11.1. The lowest BCUT2D eigenvalue weighted by atomic mass is 9.85. The molecule has 2 amide bonds. The van der Waals surface area contributed by atoms with E-state index in [1.807, 2.05) is 9.80 Å². The average molecular weight is 254 g/mol. The number of carbonyl (C=O) groups excluding carboxylic acids is 1. The van der Waals surface area contributed by atoms with Gasteiger partial charge in [0.05, 0.1) is 19.2 Å². The molecule has 0 aromatic heterocycles. The molecule has 0 aliphatic carbocycles. The predicted octanol–water partition coefficient (Wildman–Crippen LogP) is 1.08. The molecular weight excluding hydrogens is 232 g/mol. The summed E-state index contributed by atoms with van der Waals surface area (Å²) in [6, 6.07) is 0.196. The quantitative estimate of drug-likeness (QED) is 0.703. The van der Waals surface area contributed by atoms with Crippen LogP contribution in [0.15, 0.2) is 0 Å². The summed E-state index contributed by atoms with van der Waals surface area (Å²) in [7, 11) is 1.76. The summed E-state index contributed by atoms with van der Waals surface area (Å²) in [4.78, 5) is 16.1. The number of ether oxygens (including phenoxy) is 2. The first-order chi connectivity index (χ1) is 8.72. The molecule has 18 heavy (non-hydrogen) atoms. The van der Waals surface area contributed by atoms with Crippen LogP contribution in [-0.2, 0) is 9.47 Å². The van der Waals surface area contributed by atoms with Crippen LogP contribution in [-0.4, -0.2) is 67.4 Å². The van der Waals surface area contributed by atoms with Crippen LogP contribution < -0.4 is 0 Å². The standard InChI is InChI=1S/C13H22N2O3/c1-17-11-4-7-18-13(8-11)9-15(10-13)12(16)14-5-2-3-6-14/h11H,2-10H2,1H3/t11-/m1/s1. The number of hydrogen-bond acceptors (Lipinski definition) is 3. The third-order valence-corrected chi connectivity index (χ3v) is 4.39. The van der Waals surface area contributed by atoms with Gasteiger partial charge >= 0.3 is 6.03 Å². The number of rotatable bonds is 1. The van der Waals surface area contributed by atoms with Crippen molar-refractivity contribution < 1.29 is 14.3 Å². The van der Waals surface area contributed by atoms with Crippen molar-refractivity contribution in [2.45, 2.75) is 37.4 Å². The van der Waals surface area contributed by atoms with Crippen LogP contribution in [0.3, 0.4) is 0 Å². The largest absolute Gasteiger partial charge is 0.381 e. The Kier molecular flexibility index (Phi) is 3.20. The van der Waals surface area contributed by atoms with Crippen molar-refractivity contribution in [2.75, 3.05) is 39.9 Å². The summed E-state index contributed by atoms with van der Waals surface area (Å²) >= 11 is 0. The number of amides is 2. The van der Waals surface area contributed by atoms with Crippen LogP contribution in [0.4, 0.5) is 4.79 Å². The lowest BCUT2D eigenvalue weighted by Crippen LogP contribution is -2.68. The summed E-state index contributed by atoms with van der Waals surface area (Å²) in [6.45, 7) is 4.07. The van der Waals surface area contributed by atoms with Gasteiger partial charge in [-0.1, -0.05) is 0 Å². The molecule has 0 aromatic carbocycles. The molecule has 0 N–H and O–H groups in total. The lowest BCUT2D eigenvalue weighted by molar-refractivity contribution is -0.182. The third kappa shape index (κ3) is 2.10. The van der Waals surface area contributed by atoms with E-state index in [0.29, 0.717) is 6.10 Å². The van der Waals surface area contributed by atoms with E-state index in [2.05, 4.69) is 0 Å². The Bertz CT molecular complexity index is 322. The Labute approximate surface area is 108 Å². The number of urea groups is 1. The summed E-state index contributed by atoms with van der Waals surface area (Å²) in [6.07, 6.45) is 4.48. The van der Waals surface area contributed by atoms with Crippen molar-refractivity contribution in [1.82, 2.24) is 9.80 Å². The molecule has 1 spiro atoms. The van der Waals surface area contributed by atoms with Crippen molar-refractivity contribution in [3.05, 3.63) is 0 Å². The summed E-state index contributed by atoms with van der Waals surface area (Å²) < 4.78 is 11.3. The maximum atomic E-state index is 12.2. The van der Waals surface area contributed by atoms with Gasteiger partial charge < -0.3 is 19.3 Å². The molecule has 3 rings (SSSR count). The molecule has 3 fully saturated rings. The molecular formula is C13H22N2O3. The second kappa shape index (κ2) is 4.70. The highest BCUT2D eigenvalue weighted by Gasteiger charge is 2.50. The molecule has 3 aliphatic heterocycles. The maximum absolute atomic E-state index is 12.2. The molecule has 0 saturated carbocycles. The van der Waals surface area contributed by atoms with E-state index in [1.165, 1.54) is 0 Å². The number of carbonyl (C=O) groups is 1. The zero-order valence-electron chi connectivity index (χ0n) is 11.1. The Balaban J connectivity index is 1.53. The first-order valence-electron chi connectivity index (χ1n) is 6.93. The van der Waals surface area contributed by atoms with Crippen molar-refractivity contribution in [3.63, 3.8) is 0 Å². The van der Waals surface area contributed by atoms with E-state index in [0.717, 1.165) is 58.5 Å². The van der Waals surface area contributed by atoms with Crippen LogP contribution in [0, 0.1) is 0 Å². The van der Waals surface area contributed by atoms with E-state index in [9.17, 15) is 4.79 Å². The summed E-state index contributed by atoms with van der Waals surface area (Å²) in [5.74, 6) is 0. The van der Waals surface area contributed by atoms with Crippen molar-refractivity contribution >= 4 is 6.03 Å². The molecule has 102 valence electrons. The van der Waals surface area contributed by atoms with Crippen molar-refractivity contribution in [2.24, 2.45) is 0 Å². The monoisotopic (exact) mass is 254 g/mol. The van der Waals surface area contributed by atoms with Gasteiger partial charge in [0.2, 0.25) is 0 Å². The molecule has 3 aliphatic rings. The zero-order chi connectivity index (χ0) is 12.6. The van der Waals surface area contributed by atoms with Crippen LogP contribution >= 0.6 is 0 Å². The molecule has 3 heterocycles.